The summed E-state index contributed by atoms with van der Waals surface area (Å²) in [6.07, 6.45) is -1.45. The van der Waals surface area contributed by atoms with Gasteiger partial charge < -0.3 is 20.5 Å². The number of carbonyl (C=O) groups excluding carboxylic acids is 2. The topological polar surface area (TPSA) is 105 Å². The predicted molar refractivity (Wildman–Crippen MR) is 117 cm³/mol. The number of carbonyl (C=O) groups is 3. The number of carboxylic acids is 1. The van der Waals surface area contributed by atoms with Crippen molar-refractivity contribution in [3.8, 4) is 11.1 Å². The molecule has 8 heteroatoms. The van der Waals surface area contributed by atoms with Gasteiger partial charge in [-0.1, -0.05) is 48.5 Å². The van der Waals surface area contributed by atoms with Gasteiger partial charge in [0.2, 0.25) is 5.91 Å². The Morgan fingerprint density at radius 2 is 1.62 bits per heavy atom. The summed E-state index contributed by atoms with van der Waals surface area (Å²) in [4.78, 5) is 35.8. The Kier molecular flexibility index (Phi) is 7.12. The van der Waals surface area contributed by atoms with E-state index in [-0.39, 0.29) is 25.5 Å². The number of amides is 2. The smallest absolute Gasteiger partial charge is 0.407 e. The van der Waals surface area contributed by atoms with Gasteiger partial charge in [0.1, 0.15) is 18.3 Å². The van der Waals surface area contributed by atoms with Gasteiger partial charge in [-0.05, 0) is 42.5 Å². The Morgan fingerprint density at radius 1 is 1.06 bits per heavy atom. The van der Waals surface area contributed by atoms with Gasteiger partial charge in [-0.3, -0.25) is 9.59 Å². The van der Waals surface area contributed by atoms with Crippen molar-refractivity contribution in [1.82, 2.24) is 10.6 Å². The van der Waals surface area contributed by atoms with Gasteiger partial charge in [0.05, 0.1) is 6.42 Å². The molecule has 1 aliphatic carbocycles. The minimum atomic E-state index is -1.48. The van der Waals surface area contributed by atoms with E-state index in [1.807, 2.05) is 48.5 Å². The number of halogens is 1. The van der Waals surface area contributed by atoms with Crippen molar-refractivity contribution in [1.29, 1.82) is 0 Å². The zero-order valence-corrected chi connectivity index (χ0v) is 18.1. The van der Waals surface area contributed by atoms with E-state index >= 15 is 0 Å². The standard InChI is InChI=1S/C24H27FN2O5/c1-24(2,25)11-12-26-22(30)20(13-21(28)29)27-23(31)32-14-19-17-9-5-3-7-15(17)16-8-4-6-10-18(16)19/h3-10,19-20H,11-14H2,1-2H3,(H,26,30)(H,27,31)(H,28,29). The molecule has 0 saturated carbocycles. The lowest BCUT2D eigenvalue weighted by Crippen LogP contribution is -2.48. The summed E-state index contributed by atoms with van der Waals surface area (Å²) in [6, 6.07) is 14.4. The fourth-order valence-electron chi connectivity index (χ4n) is 3.77. The van der Waals surface area contributed by atoms with E-state index in [1.165, 1.54) is 13.8 Å². The monoisotopic (exact) mass is 442 g/mol. The first-order chi connectivity index (χ1) is 15.2. The summed E-state index contributed by atoms with van der Waals surface area (Å²) >= 11 is 0. The number of hydrogen-bond donors (Lipinski definition) is 3. The Balaban J connectivity index is 1.62. The number of carboxylic acid groups (broad SMARTS) is 1. The normalized spacial score (nSPS) is 13.6. The first-order valence-electron chi connectivity index (χ1n) is 10.5. The summed E-state index contributed by atoms with van der Waals surface area (Å²) in [5.41, 5.74) is 2.76. The van der Waals surface area contributed by atoms with Crippen molar-refractivity contribution in [2.75, 3.05) is 13.2 Å². The number of nitrogens with one attached hydrogen (secondary N) is 2. The fourth-order valence-corrected chi connectivity index (χ4v) is 3.77. The zero-order valence-electron chi connectivity index (χ0n) is 18.1. The second kappa shape index (κ2) is 9.80. The summed E-state index contributed by atoms with van der Waals surface area (Å²) in [5.74, 6) is -2.12. The molecule has 3 N–H and O–H groups in total. The average Bonchev–Trinajstić information content (AvgIpc) is 3.04. The maximum atomic E-state index is 13.6. The van der Waals surface area contributed by atoms with E-state index in [4.69, 9.17) is 9.84 Å². The van der Waals surface area contributed by atoms with E-state index in [0.29, 0.717) is 0 Å². The molecular formula is C24H27FN2O5. The van der Waals surface area contributed by atoms with Gasteiger partial charge in [0.25, 0.3) is 0 Å². The Morgan fingerprint density at radius 3 is 2.16 bits per heavy atom. The molecule has 32 heavy (non-hydrogen) atoms. The number of ether oxygens (including phenoxy) is 1. The third kappa shape index (κ3) is 5.84. The molecule has 7 nitrogen and oxygen atoms in total. The van der Waals surface area contributed by atoms with Gasteiger partial charge in [0.15, 0.2) is 0 Å². The van der Waals surface area contributed by atoms with Crippen LogP contribution in [-0.2, 0) is 14.3 Å². The minimum Gasteiger partial charge on any atom is -0.481 e. The molecule has 1 unspecified atom stereocenters. The van der Waals surface area contributed by atoms with Crippen LogP contribution in [0.4, 0.5) is 9.18 Å². The van der Waals surface area contributed by atoms with Crippen molar-refractivity contribution in [3.05, 3.63) is 59.7 Å². The SMILES string of the molecule is CC(C)(F)CCNC(=O)C(CC(=O)O)NC(=O)OCC1c2ccccc2-c2ccccc21. The minimum absolute atomic E-state index is 0.0187. The van der Waals surface area contributed by atoms with Gasteiger partial charge in [0, 0.05) is 12.5 Å². The molecule has 170 valence electrons. The number of rotatable bonds is 9. The predicted octanol–water partition coefficient (Wildman–Crippen LogP) is 3.62. The average molecular weight is 442 g/mol. The molecule has 2 amide bonds. The third-order valence-corrected chi connectivity index (χ3v) is 5.35. The maximum Gasteiger partial charge on any atom is 0.407 e. The van der Waals surface area contributed by atoms with Crippen LogP contribution in [0.5, 0.6) is 0 Å². The Labute approximate surface area is 186 Å². The number of alkyl carbamates (subject to hydrolysis) is 1. The molecule has 1 aliphatic rings. The van der Waals surface area contributed by atoms with Crippen molar-refractivity contribution in [2.24, 2.45) is 0 Å². The van der Waals surface area contributed by atoms with Crippen LogP contribution < -0.4 is 10.6 Å². The molecule has 0 heterocycles. The number of alkyl halides is 1. The van der Waals surface area contributed by atoms with E-state index in [2.05, 4.69) is 10.6 Å². The highest BCUT2D eigenvalue weighted by Crippen LogP contribution is 2.44. The molecule has 0 aliphatic heterocycles. The van der Waals surface area contributed by atoms with E-state index in [1.54, 1.807) is 0 Å². The summed E-state index contributed by atoms with van der Waals surface area (Å²) < 4.78 is 19.0. The Bertz CT molecular complexity index is 956. The molecule has 0 bridgehead atoms. The van der Waals surface area contributed by atoms with Crippen molar-refractivity contribution in [2.45, 2.75) is 44.3 Å². The number of aliphatic carboxylic acids is 1. The van der Waals surface area contributed by atoms with Crippen LogP contribution in [0.2, 0.25) is 0 Å². The molecule has 2 aromatic carbocycles. The fraction of sp³-hybridized carbons (Fsp3) is 0.375. The van der Waals surface area contributed by atoms with Gasteiger partial charge >= 0.3 is 12.1 Å². The maximum absolute atomic E-state index is 13.6. The van der Waals surface area contributed by atoms with E-state index in [9.17, 15) is 18.8 Å². The molecule has 3 rings (SSSR count). The first-order valence-corrected chi connectivity index (χ1v) is 10.5. The lowest BCUT2D eigenvalue weighted by atomic mass is 9.98. The van der Waals surface area contributed by atoms with Crippen molar-refractivity contribution < 1.29 is 28.6 Å². The van der Waals surface area contributed by atoms with Crippen LogP contribution in [0.15, 0.2) is 48.5 Å². The molecule has 0 radical (unpaired) electrons. The van der Waals surface area contributed by atoms with Crippen molar-refractivity contribution in [3.63, 3.8) is 0 Å². The number of benzene rings is 2. The molecule has 0 spiro atoms. The van der Waals surface area contributed by atoms with Gasteiger partial charge in [-0.2, -0.15) is 0 Å². The van der Waals surface area contributed by atoms with Gasteiger partial charge in [-0.25, -0.2) is 9.18 Å². The van der Waals surface area contributed by atoms with Crippen LogP contribution in [0.1, 0.15) is 43.7 Å². The molecule has 1 atom stereocenters. The van der Waals surface area contributed by atoms with Crippen LogP contribution in [-0.4, -0.2) is 47.9 Å². The molecular weight excluding hydrogens is 415 g/mol. The quantitative estimate of drug-likeness (QED) is 0.550. The highest BCUT2D eigenvalue weighted by Gasteiger charge is 2.30. The Hall–Kier alpha value is -3.42. The largest absolute Gasteiger partial charge is 0.481 e. The van der Waals surface area contributed by atoms with Crippen molar-refractivity contribution >= 4 is 18.0 Å². The zero-order chi connectivity index (χ0) is 23.3. The number of hydrogen-bond acceptors (Lipinski definition) is 4. The summed E-state index contributed by atoms with van der Waals surface area (Å²) in [7, 11) is 0. The van der Waals surface area contributed by atoms with Gasteiger partial charge in [-0.15, -0.1) is 0 Å². The highest BCUT2D eigenvalue weighted by atomic mass is 19.1. The summed E-state index contributed by atoms with van der Waals surface area (Å²) in [6.45, 7) is 2.81. The van der Waals surface area contributed by atoms with E-state index < -0.39 is 36.1 Å². The third-order valence-electron chi connectivity index (χ3n) is 5.35. The second-order valence-electron chi connectivity index (χ2n) is 8.38. The summed E-state index contributed by atoms with van der Waals surface area (Å²) in [5, 5.41) is 13.9. The van der Waals surface area contributed by atoms with Crippen LogP contribution in [0.25, 0.3) is 11.1 Å². The van der Waals surface area contributed by atoms with E-state index in [0.717, 1.165) is 22.3 Å². The molecule has 0 fully saturated rings. The molecule has 2 aromatic rings. The van der Waals surface area contributed by atoms with Crippen LogP contribution >= 0.6 is 0 Å². The number of fused-ring (bicyclic) bond motifs is 3. The highest BCUT2D eigenvalue weighted by molar-refractivity contribution is 5.89. The second-order valence-corrected chi connectivity index (χ2v) is 8.38. The van der Waals surface area contributed by atoms with Crippen LogP contribution in [0, 0.1) is 0 Å². The molecule has 0 saturated heterocycles. The molecule has 0 aromatic heterocycles. The lowest BCUT2D eigenvalue weighted by Gasteiger charge is -2.20. The lowest BCUT2D eigenvalue weighted by molar-refractivity contribution is -0.139. The van der Waals surface area contributed by atoms with Crippen LogP contribution in [0.3, 0.4) is 0 Å². The first kappa shape index (κ1) is 23.2.